The van der Waals surface area contributed by atoms with Gasteiger partial charge in [-0.05, 0) is 13.8 Å². The monoisotopic (exact) mass is 356 g/mol. The van der Waals surface area contributed by atoms with Gasteiger partial charge in [0.2, 0.25) is 5.13 Å². The molecule has 0 radical (unpaired) electrons. The number of nitrogens with one attached hydrogen (secondary N) is 2. The number of hydrogen-bond acceptors (Lipinski definition) is 9. The molecule has 0 spiro atoms. The van der Waals surface area contributed by atoms with Gasteiger partial charge >= 0.3 is 22.3 Å². The van der Waals surface area contributed by atoms with Crippen LogP contribution in [0.5, 0.6) is 0 Å². The lowest BCUT2D eigenvalue weighted by molar-refractivity contribution is -0.133. The Balaban J connectivity index is 2.59. The van der Waals surface area contributed by atoms with Gasteiger partial charge in [0.25, 0.3) is 0 Å². The number of carbonyl (C=O) groups is 2. The molecule has 0 aliphatic carbocycles. The standard InChI is InChI=1S/C8H12N4O6S3/c1-4(2)18-7(15)12-21(16,17)11-6-9-10-8(20-6)19-3-5(13)14/h4H,3H2,1-2H3,(H,9,11)(H,12,15)(H,13,14). The van der Waals surface area contributed by atoms with E-state index in [4.69, 9.17) is 5.11 Å². The quantitative estimate of drug-likeness (QED) is 0.594. The molecule has 0 atom stereocenters. The third-order valence-electron chi connectivity index (χ3n) is 1.51. The van der Waals surface area contributed by atoms with E-state index in [2.05, 4.69) is 14.9 Å². The van der Waals surface area contributed by atoms with Crippen LogP contribution >= 0.6 is 23.1 Å². The Morgan fingerprint density at radius 2 is 2.10 bits per heavy atom. The van der Waals surface area contributed by atoms with Gasteiger partial charge < -0.3 is 9.84 Å². The van der Waals surface area contributed by atoms with Gasteiger partial charge in [-0.3, -0.25) is 4.79 Å². The maximum absolute atomic E-state index is 11.6. The molecule has 1 rings (SSSR count). The van der Waals surface area contributed by atoms with Gasteiger partial charge in [0.05, 0.1) is 11.9 Å². The molecule has 21 heavy (non-hydrogen) atoms. The fourth-order valence-corrected chi connectivity index (χ4v) is 3.33. The molecule has 0 saturated carbocycles. The van der Waals surface area contributed by atoms with E-state index in [9.17, 15) is 18.0 Å². The van der Waals surface area contributed by atoms with Crippen LogP contribution in [0.3, 0.4) is 0 Å². The van der Waals surface area contributed by atoms with E-state index in [1.54, 1.807) is 18.6 Å². The molecule has 3 N–H and O–H groups in total. The zero-order valence-corrected chi connectivity index (χ0v) is 13.3. The van der Waals surface area contributed by atoms with E-state index in [0.717, 1.165) is 23.1 Å². The lowest BCUT2D eigenvalue weighted by atomic mass is 10.5. The van der Waals surface area contributed by atoms with Crippen LogP contribution < -0.4 is 9.44 Å². The molecule has 1 aromatic heterocycles. The lowest BCUT2D eigenvalue weighted by Gasteiger charge is -2.09. The Bertz CT molecular complexity index is 613. The van der Waals surface area contributed by atoms with E-state index in [-0.39, 0.29) is 15.2 Å². The summed E-state index contributed by atoms with van der Waals surface area (Å²) in [5.74, 6) is -1.25. The number of carbonyl (C=O) groups excluding carboxylic acids is 1. The number of carboxylic acid groups (broad SMARTS) is 1. The minimum Gasteiger partial charge on any atom is -0.481 e. The van der Waals surface area contributed by atoms with Crippen molar-refractivity contribution in [2.24, 2.45) is 0 Å². The number of hydrogen-bond donors (Lipinski definition) is 3. The molecule has 0 unspecified atom stereocenters. The highest BCUT2D eigenvalue weighted by Gasteiger charge is 2.18. The Morgan fingerprint density at radius 1 is 1.43 bits per heavy atom. The van der Waals surface area contributed by atoms with Crippen LogP contribution in [0.2, 0.25) is 0 Å². The van der Waals surface area contributed by atoms with Gasteiger partial charge in [-0.15, -0.1) is 10.2 Å². The summed E-state index contributed by atoms with van der Waals surface area (Å²) in [4.78, 5) is 21.6. The Morgan fingerprint density at radius 3 is 2.67 bits per heavy atom. The Labute approximate surface area is 128 Å². The number of ether oxygens (including phenoxy) is 1. The number of amides is 1. The number of carboxylic acids is 1. The fraction of sp³-hybridized carbons (Fsp3) is 0.500. The molecule has 1 amide bonds. The summed E-state index contributed by atoms with van der Waals surface area (Å²) in [6, 6.07) is 0. The minimum absolute atomic E-state index is 0.104. The highest BCUT2D eigenvalue weighted by Crippen LogP contribution is 2.25. The van der Waals surface area contributed by atoms with Gasteiger partial charge in [-0.25, -0.2) is 14.2 Å². The van der Waals surface area contributed by atoms with Crippen molar-refractivity contribution < 1.29 is 27.9 Å². The van der Waals surface area contributed by atoms with E-state index < -0.39 is 28.4 Å². The first-order chi connectivity index (χ1) is 9.68. The summed E-state index contributed by atoms with van der Waals surface area (Å²) in [6.45, 7) is 3.13. The first kappa shape index (κ1) is 17.5. The van der Waals surface area contributed by atoms with Gasteiger partial charge in [0.15, 0.2) is 4.34 Å². The molecule has 118 valence electrons. The second-order valence-corrected chi connectivity index (χ2v) is 7.33. The number of aliphatic carboxylic acids is 1. The van der Waals surface area contributed by atoms with Gasteiger partial charge in [-0.2, -0.15) is 8.42 Å². The topological polar surface area (TPSA) is 148 Å². The molecule has 0 aliphatic rings. The van der Waals surface area contributed by atoms with Gasteiger partial charge in [0, 0.05) is 0 Å². The molecule has 0 aromatic carbocycles. The van der Waals surface area contributed by atoms with E-state index in [1.807, 2.05) is 4.72 Å². The average molecular weight is 356 g/mol. The smallest absolute Gasteiger partial charge is 0.422 e. The third-order valence-corrected chi connectivity index (χ3v) is 4.49. The maximum Gasteiger partial charge on any atom is 0.422 e. The largest absolute Gasteiger partial charge is 0.481 e. The predicted molar refractivity (Wildman–Crippen MR) is 75.6 cm³/mol. The molecule has 13 heteroatoms. The van der Waals surface area contributed by atoms with E-state index in [1.165, 1.54) is 0 Å². The lowest BCUT2D eigenvalue weighted by Crippen LogP contribution is -2.36. The van der Waals surface area contributed by atoms with Crippen LogP contribution in [0.15, 0.2) is 4.34 Å². The fourth-order valence-electron chi connectivity index (χ4n) is 0.921. The highest BCUT2D eigenvalue weighted by atomic mass is 32.2. The van der Waals surface area contributed by atoms with Crippen molar-refractivity contribution in [2.45, 2.75) is 24.3 Å². The molecule has 1 aromatic rings. The molecule has 1 heterocycles. The second-order valence-electron chi connectivity index (χ2n) is 3.72. The van der Waals surface area contributed by atoms with Crippen LogP contribution in [-0.4, -0.2) is 47.6 Å². The molecular weight excluding hydrogens is 344 g/mol. The first-order valence-electron chi connectivity index (χ1n) is 5.37. The Kier molecular flexibility index (Phi) is 6.17. The van der Waals surface area contributed by atoms with Crippen molar-refractivity contribution in [2.75, 3.05) is 10.5 Å². The molecule has 0 aliphatic heterocycles. The van der Waals surface area contributed by atoms with Crippen molar-refractivity contribution in [1.82, 2.24) is 14.9 Å². The van der Waals surface area contributed by atoms with Crippen molar-refractivity contribution in [3.63, 3.8) is 0 Å². The number of anilines is 1. The van der Waals surface area contributed by atoms with Gasteiger partial charge in [0.1, 0.15) is 0 Å². The van der Waals surface area contributed by atoms with Crippen LogP contribution in [0.4, 0.5) is 9.93 Å². The van der Waals surface area contributed by atoms with Crippen molar-refractivity contribution in [3.05, 3.63) is 0 Å². The molecule has 0 fully saturated rings. The SMILES string of the molecule is CC(C)OC(=O)NS(=O)(=O)Nc1nnc(SCC(=O)O)s1. The van der Waals surface area contributed by atoms with Crippen LogP contribution in [0.25, 0.3) is 0 Å². The van der Waals surface area contributed by atoms with Crippen molar-refractivity contribution in [3.8, 4) is 0 Å². The summed E-state index contributed by atoms with van der Waals surface area (Å²) >= 11 is 1.73. The van der Waals surface area contributed by atoms with Crippen molar-refractivity contribution in [1.29, 1.82) is 0 Å². The number of rotatable bonds is 7. The van der Waals surface area contributed by atoms with Crippen LogP contribution in [0.1, 0.15) is 13.8 Å². The molecule has 0 bridgehead atoms. The summed E-state index contributed by atoms with van der Waals surface area (Å²) in [5, 5.41) is 15.5. The van der Waals surface area contributed by atoms with E-state index in [0.29, 0.717) is 0 Å². The summed E-state index contributed by atoms with van der Waals surface area (Å²) in [7, 11) is -4.19. The van der Waals surface area contributed by atoms with Crippen LogP contribution in [0, 0.1) is 0 Å². The average Bonchev–Trinajstić information content (AvgIpc) is 2.70. The summed E-state index contributed by atoms with van der Waals surface area (Å²) in [6.07, 6.45) is -1.59. The molecule has 0 saturated heterocycles. The number of nitrogens with zero attached hydrogens (tertiary/aromatic N) is 2. The first-order valence-corrected chi connectivity index (χ1v) is 8.66. The zero-order chi connectivity index (χ0) is 16.0. The minimum atomic E-state index is -4.19. The molecule has 10 nitrogen and oxygen atoms in total. The number of thioether (sulfide) groups is 1. The van der Waals surface area contributed by atoms with Crippen molar-refractivity contribution >= 4 is 50.5 Å². The number of aromatic nitrogens is 2. The Hall–Kier alpha value is -1.60. The zero-order valence-electron chi connectivity index (χ0n) is 10.9. The summed E-state index contributed by atoms with van der Waals surface area (Å²) < 4.78 is 31.7. The predicted octanol–water partition coefficient (Wildman–Crippen LogP) is 0.506. The highest BCUT2D eigenvalue weighted by molar-refractivity contribution is 8.01. The summed E-state index contributed by atoms with van der Waals surface area (Å²) in [5.41, 5.74) is 0. The maximum atomic E-state index is 11.6. The molecular formula is C8H12N4O6S3. The van der Waals surface area contributed by atoms with E-state index >= 15 is 0 Å². The van der Waals surface area contributed by atoms with Crippen LogP contribution in [-0.2, 0) is 19.7 Å². The van der Waals surface area contributed by atoms with Gasteiger partial charge in [-0.1, -0.05) is 23.1 Å². The second kappa shape index (κ2) is 7.42. The normalized spacial score (nSPS) is 11.2. The third kappa shape index (κ3) is 7.10.